The summed E-state index contributed by atoms with van der Waals surface area (Å²) in [5, 5.41) is 0. The third-order valence-electron chi connectivity index (χ3n) is 2.94. The Morgan fingerprint density at radius 2 is 2.00 bits per heavy atom. The number of carbonyl (C=O) groups is 2. The minimum absolute atomic E-state index is 0.0131. The SMILES string of the molecule is CCOC(=O)CN(C(=O)C#Cc1ccccc1)C1CC1. The molecule has 1 aliphatic carbocycles. The van der Waals surface area contributed by atoms with Crippen LogP contribution in [0.4, 0.5) is 0 Å². The first-order valence-electron chi connectivity index (χ1n) is 6.74. The quantitative estimate of drug-likeness (QED) is 0.617. The number of nitrogens with zero attached hydrogens (tertiary/aromatic N) is 1. The number of benzene rings is 1. The molecule has 0 spiro atoms. The van der Waals surface area contributed by atoms with Crippen LogP contribution in [-0.4, -0.2) is 36.0 Å². The molecule has 0 N–H and O–H groups in total. The zero-order chi connectivity index (χ0) is 14.4. The summed E-state index contributed by atoms with van der Waals surface area (Å²) >= 11 is 0. The van der Waals surface area contributed by atoms with Crippen LogP contribution in [0.15, 0.2) is 30.3 Å². The third kappa shape index (κ3) is 4.13. The molecule has 1 aromatic rings. The fourth-order valence-electron chi connectivity index (χ4n) is 1.82. The lowest BCUT2D eigenvalue weighted by atomic mass is 10.2. The van der Waals surface area contributed by atoms with Crippen LogP contribution in [0.1, 0.15) is 25.3 Å². The lowest BCUT2D eigenvalue weighted by Crippen LogP contribution is -2.37. The predicted molar refractivity (Wildman–Crippen MR) is 74.7 cm³/mol. The maximum absolute atomic E-state index is 12.1. The lowest BCUT2D eigenvalue weighted by Gasteiger charge is -2.18. The first-order chi connectivity index (χ1) is 9.70. The minimum atomic E-state index is -0.380. The van der Waals surface area contributed by atoms with E-state index in [-0.39, 0.29) is 24.5 Å². The fraction of sp³-hybridized carbons (Fsp3) is 0.375. The van der Waals surface area contributed by atoms with Gasteiger partial charge in [0.1, 0.15) is 6.54 Å². The smallest absolute Gasteiger partial charge is 0.325 e. The molecular weight excluding hydrogens is 254 g/mol. The predicted octanol–water partition coefficient (Wildman–Crippen LogP) is 1.59. The Labute approximate surface area is 118 Å². The van der Waals surface area contributed by atoms with Crippen molar-refractivity contribution in [3.63, 3.8) is 0 Å². The molecule has 0 bridgehead atoms. The number of hydrogen-bond donors (Lipinski definition) is 0. The molecule has 1 aliphatic rings. The van der Waals surface area contributed by atoms with E-state index in [9.17, 15) is 9.59 Å². The Kier molecular flexibility index (Phi) is 4.78. The molecule has 0 heterocycles. The topological polar surface area (TPSA) is 46.6 Å². The van der Waals surface area contributed by atoms with Gasteiger partial charge in [0.05, 0.1) is 6.61 Å². The minimum Gasteiger partial charge on any atom is -0.465 e. The fourth-order valence-corrected chi connectivity index (χ4v) is 1.82. The molecule has 0 aromatic heterocycles. The second kappa shape index (κ2) is 6.76. The van der Waals surface area contributed by atoms with Gasteiger partial charge in [0.25, 0.3) is 5.91 Å². The van der Waals surface area contributed by atoms with Crippen molar-refractivity contribution in [1.29, 1.82) is 0 Å². The summed E-state index contributed by atoms with van der Waals surface area (Å²) < 4.78 is 4.88. The van der Waals surface area contributed by atoms with Crippen LogP contribution in [-0.2, 0) is 14.3 Å². The van der Waals surface area contributed by atoms with Crippen molar-refractivity contribution < 1.29 is 14.3 Å². The maximum atomic E-state index is 12.1. The van der Waals surface area contributed by atoms with Crippen LogP contribution in [0.25, 0.3) is 0 Å². The van der Waals surface area contributed by atoms with Crippen LogP contribution in [0, 0.1) is 11.8 Å². The van der Waals surface area contributed by atoms with Crippen LogP contribution in [0.2, 0.25) is 0 Å². The highest BCUT2D eigenvalue weighted by molar-refractivity contribution is 5.96. The molecule has 4 heteroatoms. The number of ether oxygens (including phenoxy) is 1. The maximum Gasteiger partial charge on any atom is 0.325 e. The Hall–Kier alpha value is -2.28. The lowest BCUT2D eigenvalue weighted by molar-refractivity contribution is -0.147. The summed E-state index contributed by atoms with van der Waals surface area (Å²) in [6.45, 7) is 2.05. The van der Waals surface area contributed by atoms with Gasteiger partial charge in [0, 0.05) is 17.5 Å². The standard InChI is InChI=1S/C16H17NO3/c1-2-20-16(19)12-17(14-9-10-14)15(18)11-8-13-6-4-3-5-7-13/h3-7,14H,2,9-10,12H2,1H3. The number of esters is 1. The van der Waals surface area contributed by atoms with E-state index in [4.69, 9.17) is 4.74 Å². The van der Waals surface area contributed by atoms with Gasteiger partial charge in [-0.2, -0.15) is 0 Å². The molecule has 0 aliphatic heterocycles. The average molecular weight is 271 g/mol. The van der Waals surface area contributed by atoms with E-state index in [2.05, 4.69) is 11.8 Å². The monoisotopic (exact) mass is 271 g/mol. The first kappa shape index (κ1) is 14.1. The van der Waals surface area contributed by atoms with Crippen molar-refractivity contribution >= 4 is 11.9 Å². The molecule has 1 saturated carbocycles. The summed E-state index contributed by atoms with van der Waals surface area (Å²) in [4.78, 5) is 25.1. The highest BCUT2D eigenvalue weighted by atomic mass is 16.5. The zero-order valence-electron chi connectivity index (χ0n) is 11.5. The van der Waals surface area contributed by atoms with Crippen molar-refractivity contribution in [3.8, 4) is 11.8 Å². The summed E-state index contributed by atoms with van der Waals surface area (Å²) in [5.41, 5.74) is 0.785. The second-order valence-electron chi connectivity index (χ2n) is 4.59. The van der Waals surface area contributed by atoms with Crippen molar-refractivity contribution in [3.05, 3.63) is 35.9 Å². The molecule has 1 amide bonds. The van der Waals surface area contributed by atoms with E-state index in [1.807, 2.05) is 30.3 Å². The number of carbonyl (C=O) groups excluding carboxylic acids is 2. The zero-order valence-corrected chi connectivity index (χ0v) is 11.5. The van der Waals surface area contributed by atoms with E-state index in [1.54, 1.807) is 6.92 Å². The van der Waals surface area contributed by atoms with E-state index < -0.39 is 0 Å². The van der Waals surface area contributed by atoms with Gasteiger partial charge in [0.2, 0.25) is 0 Å². The van der Waals surface area contributed by atoms with E-state index >= 15 is 0 Å². The van der Waals surface area contributed by atoms with Crippen LogP contribution >= 0.6 is 0 Å². The molecule has 0 unspecified atom stereocenters. The van der Waals surface area contributed by atoms with Crippen molar-refractivity contribution in [2.45, 2.75) is 25.8 Å². The third-order valence-corrected chi connectivity index (χ3v) is 2.94. The van der Waals surface area contributed by atoms with Crippen LogP contribution in [0.5, 0.6) is 0 Å². The van der Waals surface area contributed by atoms with E-state index in [0.717, 1.165) is 18.4 Å². The highest BCUT2D eigenvalue weighted by Gasteiger charge is 2.33. The molecule has 1 aromatic carbocycles. The van der Waals surface area contributed by atoms with Gasteiger partial charge in [-0.15, -0.1) is 0 Å². The summed E-state index contributed by atoms with van der Waals surface area (Å²) in [5.74, 6) is 4.72. The normalized spacial score (nSPS) is 13.1. The number of amides is 1. The summed E-state index contributed by atoms with van der Waals surface area (Å²) in [6, 6.07) is 9.44. The summed E-state index contributed by atoms with van der Waals surface area (Å²) in [7, 11) is 0. The van der Waals surface area contributed by atoms with Crippen LogP contribution in [0.3, 0.4) is 0 Å². The first-order valence-corrected chi connectivity index (χ1v) is 6.74. The molecule has 1 fully saturated rings. The Morgan fingerprint density at radius 1 is 1.30 bits per heavy atom. The van der Waals surface area contributed by atoms with Crippen molar-refractivity contribution in [1.82, 2.24) is 4.90 Å². The Morgan fingerprint density at radius 3 is 2.60 bits per heavy atom. The molecule has 2 rings (SSSR count). The van der Waals surface area contributed by atoms with Gasteiger partial charge in [-0.05, 0) is 31.9 Å². The van der Waals surface area contributed by atoms with Crippen molar-refractivity contribution in [2.75, 3.05) is 13.2 Å². The Bertz CT molecular complexity index is 538. The molecular formula is C16H17NO3. The molecule has 104 valence electrons. The molecule has 20 heavy (non-hydrogen) atoms. The van der Waals surface area contributed by atoms with Gasteiger partial charge in [0.15, 0.2) is 0 Å². The Balaban J connectivity index is 2.01. The highest BCUT2D eigenvalue weighted by Crippen LogP contribution is 2.26. The van der Waals surface area contributed by atoms with Gasteiger partial charge >= 0.3 is 5.97 Å². The average Bonchev–Trinajstić information content (AvgIpc) is 3.28. The van der Waals surface area contributed by atoms with Gasteiger partial charge in [-0.3, -0.25) is 9.59 Å². The van der Waals surface area contributed by atoms with Gasteiger partial charge in [-0.25, -0.2) is 0 Å². The van der Waals surface area contributed by atoms with Gasteiger partial charge in [-0.1, -0.05) is 24.1 Å². The van der Waals surface area contributed by atoms with Crippen LogP contribution < -0.4 is 0 Å². The van der Waals surface area contributed by atoms with Crippen molar-refractivity contribution in [2.24, 2.45) is 0 Å². The molecule has 0 saturated heterocycles. The number of hydrogen-bond acceptors (Lipinski definition) is 3. The van der Waals surface area contributed by atoms with E-state index in [0.29, 0.717) is 6.61 Å². The number of rotatable bonds is 4. The molecule has 4 nitrogen and oxygen atoms in total. The largest absolute Gasteiger partial charge is 0.465 e. The van der Waals surface area contributed by atoms with E-state index in [1.165, 1.54) is 4.90 Å². The molecule has 0 radical (unpaired) electrons. The summed E-state index contributed by atoms with van der Waals surface area (Å²) in [6.07, 6.45) is 1.86. The van der Waals surface area contributed by atoms with Gasteiger partial charge < -0.3 is 9.64 Å². The second-order valence-corrected chi connectivity index (χ2v) is 4.59. The molecule has 0 atom stereocenters.